The average Bonchev–Trinajstić information content (AvgIpc) is 2.38. The molecule has 3 N–H and O–H groups in total. The minimum Gasteiger partial charge on any atom is -0.508 e. The molecule has 2 aromatic rings. The van der Waals surface area contributed by atoms with Crippen LogP contribution in [0.25, 0.3) is 0 Å². The van der Waals surface area contributed by atoms with Crippen molar-refractivity contribution in [3.05, 3.63) is 42.5 Å². The first-order valence-electron chi connectivity index (χ1n) is 5.37. The summed E-state index contributed by atoms with van der Waals surface area (Å²) in [6.45, 7) is 0. The molecule has 0 saturated carbocycles. The molecule has 0 saturated heterocycles. The van der Waals surface area contributed by atoms with Crippen molar-refractivity contribution in [1.29, 1.82) is 0 Å². The van der Waals surface area contributed by atoms with Gasteiger partial charge in [-0.2, -0.15) is 13.5 Å². The van der Waals surface area contributed by atoms with E-state index in [2.05, 4.69) is 10.2 Å². The van der Waals surface area contributed by atoms with Crippen molar-refractivity contribution in [3.8, 4) is 11.5 Å². The number of rotatable bonds is 3. The Morgan fingerprint density at radius 3 is 2.15 bits per heavy atom. The molecule has 0 aliphatic carbocycles. The van der Waals surface area contributed by atoms with Crippen molar-refractivity contribution in [2.24, 2.45) is 10.2 Å². The Morgan fingerprint density at radius 1 is 0.900 bits per heavy atom. The predicted molar refractivity (Wildman–Crippen MR) is 70.2 cm³/mol. The Balaban J connectivity index is 2.35. The Bertz CT molecular complexity index is 754. The standard InChI is InChI=1S/C12H10N2O5S/c15-9-3-1-8(2-4-9)13-14-11-7-10(20(17,18)19)5-6-12(11)16/h1-7,15-16H,(H,17,18,19). The average molecular weight is 294 g/mol. The zero-order valence-electron chi connectivity index (χ0n) is 10.0. The normalized spacial score (nSPS) is 11.8. The molecule has 0 unspecified atom stereocenters. The fraction of sp³-hybridized carbons (Fsp3) is 0. The van der Waals surface area contributed by atoms with E-state index in [1.165, 1.54) is 24.3 Å². The molecular formula is C12H10N2O5S. The number of aromatic hydroxyl groups is 2. The van der Waals surface area contributed by atoms with Crippen molar-refractivity contribution in [2.75, 3.05) is 0 Å². The van der Waals surface area contributed by atoms with Gasteiger partial charge in [0, 0.05) is 0 Å². The highest BCUT2D eigenvalue weighted by atomic mass is 32.2. The van der Waals surface area contributed by atoms with E-state index in [4.69, 9.17) is 9.66 Å². The van der Waals surface area contributed by atoms with Crippen LogP contribution in [-0.2, 0) is 10.1 Å². The molecule has 0 heterocycles. The number of hydrogen-bond donors (Lipinski definition) is 3. The van der Waals surface area contributed by atoms with Crippen LogP contribution in [0.2, 0.25) is 0 Å². The number of azo groups is 1. The van der Waals surface area contributed by atoms with E-state index in [0.29, 0.717) is 5.69 Å². The smallest absolute Gasteiger partial charge is 0.294 e. The Morgan fingerprint density at radius 2 is 1.55 bits per heavy atom. The molecule has 0 fully saturated rings. The number of phenolic OH excluding ortho intramolecular Hbond substituents is 2. The second-order valence-electron chi connectivity index (χ2n) is 3.84. The molecule has 0 bridgehead atoms. The van der Waals surface area contributed by atoms with Crippen LogP contribution in [0.5, 0.6) is 11.5 Å². The third-order valence-corrected chi connectivity index (χ3v) is 3.22. The van der Waals surface area contributed by atoms with E-state index in [1.807, 2.05) is 0 Å². The highest BCUT2D eigenvalue weighted by molar-refractivity contribution is 7.85. The Hall–Kier alpha value is -2.45. The van der Waals surface area contributed by atoms with Crippen LogP contribution in [0.1, 0.15) is 0 Å². The van der Waals surface area contributed by atoms with Gasteiger partial charge >= 0.3 is 0 Å². The van der Waals surface area contributed by atoms with Crippen LogP contribution in [0.3, 0.4) is 0 Å². The molecule has 20 heavy (non-hydrogen) atoms. The molecule has 0 radical (unpaired) electrons. The highest BCUT2D eigenvalue weighted by Crippen LogP contribution is 2.30. The SMILES string of the molecule is O=S(=O)(O)c1ccc(O)c(N=Nc2ccc(O)cc2)c1. The van der Waals surface area contributed by atoms with Gasteiger partial charge in [-0.25, -0.2) is 0 Å². The molecule has 0 aliphatic rings. The molecule has 0 atom stereocenters. The zero-order valence-corrected chi connectivity index (χ0v) is 10.8. The summed E-state index contributed by atoms with van der Waals surface area (Å²) in [5, 5.41) is 26.1. The van der Waals surface area contributed by atoms with Crippen LogP contribution < -0.4 is 0 Å². The molecule has 2 aromatic carbocycles. The van der Waals surface area contributed by atoms with Crippen molar-refractivity contribution < 1.29 is 23.2 Å². The maximum atomic E-state index is 11.0. The van der Waals surface area contributed by atoms with Gasteiger partial charge in [-0.05, 0) is 42.5 Å². The van der Waals surface area contributed by atoms with Crippen LogP contribution in [0.15, 0.2) is 57.6 Å². The summed E-state index contributed by atoms with van der Waals surface area (Å²) in [6.07, 6.45) is 0. The zero-order chi connectivity index (χ0) is 14.8. The lowest BCUT2D eigenvalue weighted by molar-refractivity contribution is 0.473. The van der Waals surface area contributed by atoms with Crippen LogP contribution in [0.4, 0.5) is 11.4 Å². The van der Waals surface area contributed by atoms with Crippen molar-refractivity contribution in [2.45, 2.75) is 4.90 Å². The lowest BCUT2D eigenvalue weighted by Crippen LogP contribution is -1.96. The summed E-state index contributed by atoms with van der Waals surface area (Å²) in [4.78, 5) is -0.394. The fourth-order valence-corrected chi connectivity index (χ4v) is 1.88. The first-order chi connectivity index (χ1) is 9.36. The molecule has 0 aliphatic heterocycles. The van der Waals surface area contributed by atoms with Crippen molar-refractivity contribution in [3.63, 3.8) is 0 Å². The lowest BCUT2D eigenvalue weighted by atomic mass is 10.3. The molecule has 0 spiro atoms. The maximum absolute atomic E-state index is 11.0. The maximum Gasteiger partial charge on any atom is 0.294 e. The van der Waals surface area contributed by atoms with Gasteiger partial charge in [0.2, 0.25) is 0 Å². The first-order valence-corrected chi connectivity index (χ1v) is 6.81. The Kier molecular flexibility index (Phi) is 3.68. The highest BCUT2D eigenvalue weighted by Gasteiger charge is 2.12. The van der Waals surface area contributed by atoms with Gasteiger partial charge in [-0.15, -0.1) is 5.11 Å². The quantitative estimate of drug-likeness (QED) is 0.594. The second kappa shape index (κ2) is 5.27. The molecular weight excluding hydrogens is 284 g/mol. The number of benzene rings is 2. The van der Waals surface area contributed by atoms with E-state index in [9.17, 15) is 13.5 Å². The van der Waals surface area contributed by atoms with Gasteiger partial charge in [0.15, 0.2) is 0 Å². The van der Waals surface area contributed by atoms with E-state index >= 15 is 0 Å². The third-order valence-electron chi connectivity index (χ3n) is 2.37. The van der Waals surface area contributed by atoms with E-state index < -0.39 is 15.0 Å². The largest absolute Gasteiger partial charge is 0.508 e. The van der Waals surface area contributed by atoms with Gasteiger partial charge in [0.1, 0.15) is 17.2 Å². The fourth-order valence-electron chi connectivity index (χ4n) is 1.37. The monoisotopic (exact) mass is 294 g/mol. The summed E-state index contributed by atoms with van der Waals surface area (Å²) in [6, 6.07) is 8.92. The molecule has 7 nitrogen and oxygen atoms in total. The van der Waals surface area contributed by atoms with Gasteiger partial charge in [-0.1, -0.05) is 0 Å². The summed E-state index contributed by atoms with van der Waals surface area (Å²) < 4.78 is 30.9. The summed E-state index contributed by atoms with van der Waals surface area (Å²) in [5.74, 6) is -0.208. The predicted octanol–water partition coefficient (Wildman–Crippen LogP) is 2.76. The van der Waals surface area contributed by atoms with Gasteiger partial charge in [0.25, 0.3) is 10.1 Å². The van der Waals surface area contributed by atoms with Gasteiger partial charge in [-0.3, -0.25) is 4.55 Å². The van der Waals surface area contributed by atoms with E-state index in [0.717, 1.165) is 18.2 Å². The van der Waals surface area contributed by atoms with Crippen LogP contribution in [-0.4, -0.2) is 23.2 Å². The molecule has 2 rings (SSSR count). The number of hydrogen-bond acceptors (Lipinski definition) is 6. The summed E-state index contributed by atoms with van der Waals surface area (Å²) in [7, 11) is -4.38. The minimum absolute atomic E-state index is 0.0696. The van der Waals surface area contributed by atoms with Crippen LogP contribution >= 0.6 is 0 Å². The van der Waals surface area contributed by atoms with E-state index in [1.54, 1.807) is 0 Å². The topological polar surface area (TPSA) is 120 Å². The molecule has 0 amide bonds. The summed E-state index contributed by atoms with van der Waals surface area (Å²) >= 11 is 0. The lowest BCUT2D eigenvalue weighted by Gasteiger charge is -2.01. The molecule has 0 aromatic heterocycles. The van der Waals surface area contributed by atoms with Crippen molar-refractivity contribution >= 4 is 21.5 Å². The molecule has 104 valence electrons. The summed E-state index contributed by atoms with van der Waals surface area (Å²) in [5.41, 5.74) is 0.299. The van der Waals surface area contributed by atoms with Crippen molar-refractivity contribution in [1.82, 2.24) is 0 Å². The number of phenols is 2. The third kappa shape index (κ3) is 3.31. The van der Waals surface area contributed by atoms with Gasteiger partial charge in [0.05, 0.1) is 10.6 Å². The van der Waals surface area contributed by atoms with Gasteiger partial charge < -0.3 is 10.2 Å². The van der Waals surface area contributed by atoms with E-state index in [-0.39, 0.29) is 17.2 Å². The second-order valence-corrected chi connectivity index (χ2v) is 5.26. The van der Waals surface area contributed by atoms with Crippen LogP contribution in [0, 0.1) is 0 Å². The minimum atomic E-state index is -4.38. The molecule has 8 heteroatoms. The Labute approximate surface area is 114 Å². The first kappa shape index (κ1) is 14.0. The number of nitrogens with zero attached hydrogens (tertiary/aromatic N) is 2.